The van der Waals surface area contributed by atoms with Crippen LogP contribution in [0.2, 0.25) is 0 Å². The molecule has 1 heteroatoms. The van der Waals surface area contributed by atoms with Crippen molar-refractivity contribution in [1.29, 1.82) is 0 Å². The van der Waals surface area contributed by atoms with Crippen molar-refractivity contribution in [1.82, 2.24) is 4.90 Å². The normalized spacial score (nSPS) is 11.5. The molecule has 0 atom stereocenters. The van der Waals surface area contributed by atoms with Gasteiger partial charge in [-0.1, -0.05) is 50.3 Å². The first-order valence-corrected chi connectivity index (χ1v) is 6.24. The second-order valence-corrected chi connectivity index (χ2v) is 4.02. The van der Waals surface area contributed by atoms with Crippen LogP contribution in [0.5, 0.6) is 0 Å². The summed E-state index contributed by atoms with van der Waals surface area (Å²) in [5, 5.41) is 0. The van der Waals surface area contributed by atoms with Gasteiger partial charge in [0.25, 0.3) is 0 Å². The number of hydrogen-bond acceptors (Lipinski definition) is 1. The van der Waals surface area contributed by atoms with Crippen LogP contribution in [-0.4, -0.2) is 24.5 Å². The highest BCUT2D eigenvalue weighted by Crippen LogP contribution is 2.07. The summed E-state index contributed by atoms with van der Waals surface area (Å²) in [4.78, 5) is 2.46. The highest BCUT2D eigenvalue weighted by Gasteiger charge is 1.99. The van der Waals surface area contributed by atoms with E-state index < -0.39 is 0 Å². The molecule has 1 aromatic carbocycles. The van der Waals surface area contributed by atoms with E-state index in [4.69, 9.17) is 0 Å². The minimum absolute atomic E-state index is 1.15. The monoisotopic (exact) mass is 217 g/mol. The molecule has 0 unspecified atom stereocenters. The van der Waals surface area contributed by atoms with Gasteiger partial charge in [0.1, 0.15) is 0 Å². The zero-order valence-corrected chi connectivity index (χ0v) is 10.7. The maximum Gasteiger partial charge on any atom is 0.00216 e. The highest BCUT2D eigenvalue weighted by molar-refractivity contribution is 5.49. The van der Waals surface area contributed by atoms with Crippen molar-refractivity contribution in [3.8, 4) is 0 Å². The molecule has 0 aliphatic carbocycles. The molecule has 1 nitrogen and oxygen atoms in total. The Hall–Kier alpha value is -1.08. The third-order valence-electron chi connectivity index (χ3n) is 2.95. The number of benzene rings is 1. The van der Waals surface area contributed by atoms with Crippen LogP contribution in [0.4, 0.5) is 0 Å². The number of likely N-dealkylation sites (N-methyl/N-ethyl adjacent to an activating group) is 1. The molecule has 0 saturated carbocycles. The third-order valence-corrected chi connectivity index (χ3v) is 2.95. The van der Waals surface area contributed by atoms with Crippen LogP contribution in [-0.2, 0) is 6.42 Å². The Morgan fingerprint density at radius 1 is 1.06 bits per heavy atom. The predicted molar refractivity (Wildman–Crippen MR) is 72.6 cm³/mol. The molecule has 0 heterocycles. The first kappa shape index (κ1) is 13.0. The second-order valence-electron chi connectivity index (χ2n) is 4.02. The lowest BCUT2D eigenvalue weighted by Crippen LogP contribution is -2.25. The molecule has 0 N–H and O–H groups in total. The van der Waals surface area contributed by atoms with Crippen molar-refractivity contribution in [2.24, 2.45) is 0 Å². The first-order chi connectivity index (χ1) is 7.80. The lowest BCUT2D eigenvalue weighted by molar-refractivity contribution is 0.308. The van der Waals surface area contributed by atoms with Crippen LogP contribution in [0.15, 0.2) is 30.3 Å². The molecule has 0 radical (unpaired) electrons. The maximum atomic E-state index is 2.46. The summed E-state index contributed by atoms with van der Waals surface area (Å²) in [7, 11) is 0. The zero-order chi connectivity index (χ0) is 11.8. The number of rotatable bonds is 6. The van der Waals surface area contributed by atoms with Crippen LogP contribution in [0.25, 0.3) is 6.08 Å². The largest absolute Gasteiger partial charge is 0.304 e. The third kappa shape index (κ3) is 4.19. The maximum absolute atomic E-state index is 2.46. The van der Waals surface area contributed by atoms with Gasteiger partial charge in [-0.25, -0.2) is 0 Å². The van der Waals surface area contributed by atoms with Gasteiger partial charge in [-0.05, 0) is 37.6 Å². The van der Waals surface area contributed by atoms with Gasteiger partial charge in [0.15, 0.2) is 0 Å². The van der Waals surface area contributed by atoms with E-state index in [1.165, 1.54) is 11.1 Å². The van der Waals surface area contributed by atoms with Crippen LogP contribution in [0.3, 0.4) is 0 Å². The molecule has 0 aliphatic heterocycles. The summed E-state index contributed by atoms with van der Waals surface area (Å²) >= 11 is 0. The van der Waals surface area contributed by atoms with Gasteiger partial charge in [-0.2, -0.15) is 0 Å². The molecule has 0 spiro atoms. The molecule has 0 aliphatic rings. The van der Waals surface area contributed by atoms with Crippen molar-refractivity contribution in [2.45, 2.75) is 27.2 Å². The van der Waals surface area contributed by atoms with E-state index >= 15 is 0 Å². The summed E-state index contributed by atoms with van der Waals surface area (Å²) in [6.07, 6.45) is 5.36. The topological polar surface area (TPSA) is 3.24 Å². The molecule has 0 amide bonds. The minimum Gasteiger partial charge on any atom is -0.304 e. The van der Waals surface area contributed by atoms with E-state index in [2.05, 4.69) is 55.2 Å². The molecule has 0 saturated heterocycles. The summed E-state index contributed by atoms with van der Waals surface area (Å²) in [5.74, 6) is 0. The van der Waals surface area contributed by atoms with E-state index in [1.54, 1.807) is 0 Å². The SMILES string of the molecule is CC=Cc1ccc(CCN(CC)CC)cc1. The molecule has 1 rings (SSSR count). The van der Waals surface area contributed by atoms with E-state index in [-0.39, 0.29) is 0 Å². The molecular weight excluding hydrogens is 194 g/mol. The fraction of sp³-hybridized carbons (Fsp3) is 0.467. The van der Waals surface area contributed by atoms with Crippen LogP contribution in [0, 0.1) is 0 Å². The lowest BCUT2D eigenvalue weighted by Gasteiger charge is -2.17. The van der Waals surface area contributed by atoms with Crippen molar-refractivity contribution in [3.05, 3.63) is 41.5 Å². The van der Waals surface area contributed by atoms with Gasteiger partial charge < -0.3 is 4.90 Å². The van der Waals surface area contributed by atoms with Crippen LogP contribution >= 0.6 is 0 Å². The smallest absolute Gasteiger partial charge is 0.00216 e. The molecule has 0 aromatic heterocycles. The van der Waals surface area contributed by atoms with E-state index in [0.29, 0.717) is 0 Å². The lowest BCUT2D eigenvalue weighted by atomic mass is 10.1. The fourth-order valence-electron chi connectivity index (χ4n) is 1.81. The van der Waals surface area contributed by atoms with Crippen LogP contribution < -0.4 is 0 Å². The molecular formula is C15H23N. The van der Waals surface area contributed by atoms with Gasteiger partial charge in [-0.15, -0.1) is 0 Å². The highest BCUT2D eigenvalue weighted by atomic mass is 15.1. The average Bonchev–Trinajstić information content (AvgIpc) is 2.33. The molecule has 0 bridgehead atoms. The van der Waals surface area contributed by atoms with Crippen molar-refractivity contribution in [2.75, 3.05) is 19.6 Å². The van der Waals surface area contributed by atoms with Gasteiger partial charge >= 0.3 is 0 Å². The Bertz CT molecular complexity index is 307. The first-order valence-electron chi connectivity index (χ1n) is 6.24. The molecule has 0 fully saturated rings. The van der Waals surface area contributed by atoms with E-state index in [9.17, 15) is 0 Å². The zero-order valence-electron chi connectivity index (χ0n) is 10.7. The van der Waals surface area contributed by atoms with Gasteiger partial charge in [0.2, 0.25) is 0 Å². The number of hydrogen-bond donors (Lipinski definition) is 0. The number of nitrogens with zero attached hydrogens (tertiary/aromatic N) is 1. The van der Waals surface area contributed by atoms with Crippen molar-refractivity contribution >= 4 is 6.08 Å². The quantitative estimate of drug-likeness (QED) is 0.703. The molecule has 16 heavy (non-hydrogen) atoms. The van der Waals surface area contributed by atoms with Gasteiger partial charge in [0, 0.05) is 6.54 Å². The summed E-state index contributed by atoms with van der Waals surface area (Å²) < 4.78 is 0. The average molecular weight is 217 g/mol. The molecule has 88 valence electrons. The Labute approximate surface area is 99.8 Å². The summed E-state index contributed by atoms with van der Waals surface area (Å²) in [6.45, 7) is 9.95. The fourth-order valence-corrected chi connectivity index (χ4v) is 1.81. The standard InChI is InChI=1S/C15H23N/c1-4-7-14-8-10-15(11-9-14)12-13-16(5-2)6-3/h4,7-11H,5-6,12-13H2,1-3H3. The van der Waals surface area contributed by atoms with E-state index in [1.807, 2.05) is 6.92 Å². The van der Waals surface area contributed by atoms with Gasteiger partial charge in [-0.3, -0.25) is 0 Å². The summed E-state index contributed by atoms with van der Waals surface area (Å²) in [5.41, 5.74) is 2.72. The van der Waals surface area contributed by atoms with Crippen molar-refractivity contribution < 1.29 is 0 Å². The second kappa shape index (κ2) is 7.24. The Kier molecular flexibility index (Phi) is 5.87. The summed E-state index contributed by atoms with van der Waals surface area (Å²) in [6, 6.07) is 8.85. The van der Waals surface area contributed by atoms with Crippen LogP contribution in [0.1, 0.15) is 31.9 Å². The Morgan fingerprint density at radius 2 is 1.69 bits per heavy atom. The van der Waals surface area contributed by atoms with Gasteiger partial charge in [0.05, 0.1) is 0 Å². The Morgan fingerprint density at radius 3 is 2.19 bits per heavy atom. The van der Waals surface area contributed by atoms with Crippen molar-refractivity contribution in [3.63, 3.8) is 0 Å². The van der Waals surface area contributed by atoms with E-state index in [0.717, 1.165) is 26.1 Å². The predicted octanol–water partition coefficient (Wildman–Crippen LogP) is 3.60. The number of allylic oxidation sites excluding steroid dienone is 1. The minimum atomic E-state index is 1.15. The Balaban J connectivity index is 2.48. The molecule has 1 aromatic rings.